The Morgan fingerprint density at radius 2 is 1.91 bits per heavy atom. The zero-order valence-electron chi connectivity index (χ0n) is 14.2. The van der Waals surface area contributed by atoms with Gasteiger partial charge in [-0.15, -0.1) is 0 Å². The van der Waals surface area contributed by atoms with E-state index in [1.165, 1.54) is 0 Å². The van der Waals surface area contributed by atoms with Gasteiger partial charge in [0.25, 0.3) is 0 Å². The first-order valence-electron chi connectivity index (χ1n) is 7.99. The second-order valence-corrected chi connectivity index (χ2v) is 6.97. The van der Waals surface area contributed by atoms with Crippen molar-refractivity contribution in [2.75, 3.05) is 0 Å². The third-order valence-corrected chi connectivity index (χ3v) is 3.90. The van der Waals surface area contributed by atoms with Crippen molar-refractivity contribution >= 4 is 12.1 Å². The minimum Gasteiger partial charge on any atom is -0.458 e. The summed E-state index contributed by atoms with van der Waals surface area (Å²) in [7, 11) is 0. The monoisotopic (exact) mass is 319 g/mol. The van der Waals surface area contributed by atoms with Crippen LogP contribution in [0.1, 0.15) is 46.1 Å². The van der Waals surface area contributed by atoms with Gasteiger partial charge in [-0.25, -0.2) is 9.59 Å². The van der Waals surface area contributed by atoms with E-state index in [1.807, 2.05) is 58.0 Å². The van der Waals surface area contributed by atoms with Crippen molar-refractivity contribution in [1.82, 2.24) is 5.32 Å². The topological polar surface area (TPSA) is 64.6 Å². The standard InChI is InChI=1S/C18H25NO4/c1-5-14-11-18(14,15(20)23-17(2,3)4)19-16(21)22-12-13-9-7-6-8-10-13/h6-10,14H,5,11-12H2,1-4H3,(H,19,21)/t14-,18-/m1/s1. The predicted octanol–water partition coefficient (Wildman–Crippen LogP) is 3.42. The van der Waals surface area contributed by atoms with Crippen LogP contribution in [0.3, 0.4) is 0 Å². The van der Waals surface area contributed by atoms with Crippen LogP contribution in [0, 0.1) is 5.92 Å². The molecule has 1 N–H and O–H groups in total. The van der Waals surface area contributed by atoms with Crippen molar-refractivity contribution < 1.29 is 19.1 Å². The number of alkyl carbamates (subject to hydrolysis) is 1. The first-order chi connectivity index (χ1) is 10.8. The van der Waals surface area contributed by atoms with Gasteiger partial charge in [0.1, 0.15) is 17.7 Å². The Kier molecular flexibility index (Phi) is 4.97. The summed E-state index contributed by atoms with van der Waals surface area (Å²) in [6, 6.07) is 9.42. The van der Waals surface area contributed by atoms with E-state index < -0.39 is 17.2 Å². The summed E-state index contributed by atoms with van der Waals surface area (Å²) >= 11 is 0. The highest BCUT2D eigenvalue weighted by molar-refractivity contribution is 5.89. The molecule has 0 aliphatic heterocycles. The van der Waals surface area contributed by atoms with Crippen molar-refractivity contribution in [3.8, 4) is 0 Å². The van der Waals surface area contributed by atoms with E-state index in [0.29, 0.717) is 6.42 Å². The summed E-state index contributed by atoms with van der Waals surface area (Å²) in [5.74, 6) is -0.282. The molecule has 23 heavy (non-hydrogen) atoms. The Hall–Kier alpha value is -2.04. The first kappa shape index (κ1) is 17.3. The van der Waals surface area contributed by atoms with Crippen LogP contribution in [-0.2, 0) is 20.9 Å². The molecule has 1 aliphatic rings. The van der Waals surface area contributed by atoms with Gasteiger partial charge in [0, 0.05) is 0 Å². The highest BCUT2D eigenvalue weighted by Gasteiger charge is 2.62. The van der Waals surface area contributed by atoms with E-state index in [-0.39, 0.29) is 18.5 Å². The second-order valence-electron chi connectivity index (χ2n) is 6.97. The normalized spacial score (nSPS) is 23.0. The fraction of sp³-hybridized carbons (Fsp3) is 0.556. The van der Waals surface area contributed by atoms with Gasteiger partial charge in [0.05, 0.1) is 0 Å². The minimum atomic E-state index is -0.935. The molecule has 1 saturated carbocycles. The lowest BCUT2D eigenvalue weighted by Gasteiger charge is -2.25. The SMILES string of the molecule is CC[C@@H]1C[C@]1(NC(=O)OCc1ccccc1)C(=O)OC(C)(C)C. The van der Waals surface area contributed by atoms with E-state index in [9.17, 15) is 9.59 Å². The number of carbonyl (C=O) groups is 2. The molecule has 2 rings (SSSR count). The molecule has 0 spiro atoms. The van der Waals surface area contributed by atoms with Crippen molar-refractivity contribution in [3.05, 3.63) is 35.9 Å². The molecular weight excluding hydrogens is 294 g/mol. The summed E-state index contributed by atoms with van der Waals surface area (Å²) < 4.78 is 10.7. The number of ether oxygens (including phenoxy) is 2. The largest absolute Gasteiger partial charge is 0.458 e. The third-order valence-electron chi connectivity index (χ3n) is 3.90. The maximum atomic E-state index is 12.4. The van der Waals surface area contributed by atoms with E-state index in [2.05, 4.69) is 5.32 Å². The summed E-state index contributed by atoms with van der Waals surface area (Å²) in [6.07, 6.45) is 0.813. The van der Waals surface area contributed by atoms with Crippen LogP contribution in [-0.4, -0.2) is 23.2 Å². The molecule has 1 aromatic carbocycles. The number of benzene rings is 1. The van der Waals surface area contributed by atoms with E-state index in [4.69, 9.17) is 9.47 Å². The quantitative estimate of drug-likeness (QED) is 0.845. The number of rotatable bonds is 5. The van der Waals surface area contributed by atoms with Crippen LogP contribution >= 0.6 is 0 Å². The lowest BCUT2D eigenvalue weighted by atomic mass is 10.1. The van der Waals surface area contributed by atoms with Gasteiger partial charge in [-0.2, -0.15) is 0 Å². The zero-order chi connectivity index (χ0) is 17.1. The molecule has 0 bridgehead atoms. The van der Waals surface area contributed by atoms with Crippen LogP contribution in [0.4, 0.5) is 4.79 Å². The molecule has 0 saturated heterocycles. The van der Waals surface area contributed by atoms with Crippen LogP contribution in [0.2, 0.25) is 0 Å². The molecule has 1 fully saturated rings. The molecule has 1 aliphatic carbocycles. The molecule has 126 valence electrons. The van der Waals surface area contributed by atoms with Crippen LogP contribution in [0.25, 0.3) is 0 Å². The molecule has 1 amide bonds. The Bertz CT molecular complexity index is 564. The molecule has 0 aromatic heterocycles. The van der Waals surface area contributed by atoms with Gasteiger partial charge in [-0.3, -0.25) is 0 Å². The van der Waals surface area contributed by atoms with Gasteiger partial charge in [0.2, 0.25) is 0 Å². The van der Waals surface area contributed by atoms with Gasteiger partial charge < -0.3 is 14.8 Å². The summed E-state index contributed by atoms with van der Waals surface area (Å²) in [5.41, 5.74) is -0.618. The van der Waals surface area contributed by atoms with Crippen molar-refractivity contribution in [1.29, 1.82) is 0 Å². The smallest absolute Gasteiger partial charge is 0.408 e. The maximum absolute atomic E-state index is 12.4. The average molecular weight is 319 g/mol. The maximum Gasteiger partial charge on any atom is 0.408 e. The summed E-state index contributed by atoms with van der Waals surface area (Å²) in [6.45, 7) is 7.61. The van der Waals surface area contributed by atoms with Gasteiger partial charge in [-0.1, -0.05) is 43.7 Å². The number of esters is 1. The Labute approximate surface area is 137 Å². The van der Waals surface area contributed by atoms with Crippen LogP contribution in [0.5, 0.6) is 0 Å². The summed E-state index contributed by atoms with van der Waals surface area (Å²) in [5, 5.41) is 2.73. The molecule has 0 heterocycles. The van der Waals surface area contributed by atoms with E-state index in [0.717, 1.165) is 12.0 Å². The van der Waals surface area contributed by atoms with Crippen molar-refractivity contribution in [2.45, 2.75) is 58.3 Å². The molecule has 0 radical (unpaired) electrons. The molecule has 0 unspecified atom stereocenters. The molecular formula is C18H25NO4. The highest BCUT2D eigenvalue weighted by Crippen LogP contribution is 2.47. The van der Waals surface area contributed by atoms with Crippen molar-refractivity contribution in [3.63, 3.8) is 0 Å². The van der Waals surface area contributed by atoms with Crippen LogP contribution < -0.4 is 5.32 Å². The number of hydrogen-bond acceptors (Lipinski definition) is 4. The molecule has 1 aromatic rings. The molecule has 2 atom stereocenters. The fourth-order valence-electron chi connectivity index (χ4n) is 2.59. The number of nitrogens with one attached hydrogen (secondary N) is 1. The first-order valence-corrected chi connectivity index (χ1v) is 7.99. The van der Waals surface area contributed by atoms with E-state index >= 15 is 0 Å². The van der Waals surface area contributed by atoms with Gasteiger partial charge in [0.15, 0.2) is 0 Å². The number of hydrogen-bond donors (Lipinski definition) is 1. The Morgan fingerprint density at radius 1 is 1.26 bits per heavy atom. The second kappa shape index (κ2) is 6.60. The van der Waals surface area contributed by atoms with Crippen molar-refractivity contribution in [2.24, 2.45) is 5.92 Å². The third kappa shape index (κ3) is 4.47. The lowest BCUT2D eigenvalue weighted by Crippen LogP contribution is -2.48. The zero-order valence-corrected chi connectivity index (χ0v) is 14.2. The van der Waals surface area contributed by atoms with Gasteiger partial charge in [-0.05, 0) is 38.7 Å². The van der Waals surface area contributed by atoms with Gasteiger partial charge >= 0.3 is 12.1 Å². The predicted molar refractivity (Wildman–Crippen MR) is 86.7 cm³/mol. The summed E-state index contributed by atoms with van der Waals surface area (Å²) in [4.78, 5) is 24.5. The lowest BCUT2D eigenvalue weighted by molar-refractivity contribution is -0.159. The fourth-order valence-corrected chi connectivity index (χ4v) is 2.59. The highest BCUT2D eigenvalue weighted by atomic mass is 16.6. The van der Waals surface area contributed by atoms with E-state index in [1.54, 1.807) is 0 Å². The average Bonchev–Trinajstić information content (AvgIpc) is 3.19. The van der Waals surface area contributed by atoms with Crippen LogP contribution in [0.15, 0.2) is 30.3 Å². The number of carbonyl (C=O) groups excluding carboxylic acids is 2. The minimum absolute atomic E-state index is 0.0987. The number of amides is 1. The molecule has 5 heteroatoms. The molecule has 5 nitrogen and oxygen atoms in total. The Morgan fingerprint density at radius 3 is 2.43 bits per heavy atom. The Balaban J connectivity index is 1.94.